The van der Waals surface area contributed by atoms with E-state index in [1.807, 2.05) is 47.7 Å². The average Bonchev–Trinajstić information content (AvgIpc) is 2.12. The Morgan fingerprint density at radius 2 is 2.23 bits per heavy atom. The highest BCUT2D eigenvalue weighted by Crippen LogP contribution is 2.11. The maximum absolute atomic E-state index is 11.7. The van der Waals surface area contributed by atoms with Gasteiger partial charge in [-0.3, -0.25) is 9.89 Å². The first kappa shape index (κ1) is 8.68. The fourth-order valence-corrected chi connectivity index (χ4v) is 1.72. The van der Waals surface area contributed by atoms with Crippen molar-refractivity contribution in [3.63, 3.8) is 0 Å². The smallest absolute Gasteiger partial charge is 0.221 e. The minimum atomic E-state index is 0.00690. The lowest BCUT2D eigenvalue weighted by molar-refractivity contribution is 1.03. The topological polar surface area (TPSA) is 45.8 Å². The maximum atomic E-state index is 11.7. The summed E-state index contributed by atoms with van der Waals surface area (Å²) in [4.78, 5) is 11.7. The quantitative estimate of drug-likeness (QED) is 0.751. The van der Waals surface area contributed by atoms with Crippen LogP contribution in [0.25, 0.3) is 10.9 Å². The fourth-order valence-electron chi connectivity index (χ4n) is 1.33. The van der Waals surface area contributed by atoms with E-state index < -0.39 is 0 Å². The molecule has 0 fully saturated rings. The van der Waals surface area contributed by atoms with Gasteiger partial charge in [0.05, 0.1) is 10.9 Å². The fraction of sp³-hybridized carbons (Fsp3) is 0.111. The lowest BCUT2D eigenvalue weighted by atomic mass is 10.1. The van der Waals surface area contributed by atoms with E-state index in [1.165, 1.54) is 0 Å². The van der Waals surface area contributed by atoms with Crippen molar-refractivity contribution in [3.8, 4) is 0 Å². The van der Waals surface area contributed by atoms with Crippen LogP contribution in [0, 0.1) is 10.6 Å². The third-order valence-electron chi connectivity index (χ3n) is 1.96. The van der Waals surface area contributed by atoms with Crippen molar-refractivity contribution < 1.29 is 0 Å². The van der Waals surface area contributed by atoms with Gasteiger partial charge < -0.3 is 0 Å². The van der Waals surface area contributed by atoms with Crippen molar-refractivity contribution in [3.05, 3.63) is 37.7 Å². The lowest BCUT2D eigenvalue weighted by Crippen LogP contribution is -2.10. The Hall–Kier alpha value is -0.910. The Kier molecular flexibility index (Phi) is 2.07. The number of halogens is 1. The van der Waals surface area contributed by atoms with Gasteiger partial charge in [-0.25, -0.2) is 0 Å². The summed E-state index contributed by atoms with van der Waals surface area (Å²) in [5.41, 5.74) is 1.79. The number of aromatic nitrogens is 2. The van der Waals surface area contributed by atoms with Gasteiger partial charge in [-0.1, -0.05) is 12.1 Å². The molecule has 0 spiro atoms. The molecule has 0 aliphatic heterocycles. The summed E-state index contributed by atoms with van der Waals surface area (Å²) in [5, 5.41) is 7.48. The molecule has 0 bridgehead atoms. The molecule has 1 heterocycles. The summed E-state index contributed by atoms with van der Waals surface area (Å²) in [5.74, 6) is 0. The molecule has 0 aliphatic carbocycles. The van der Waals surface area contributed by atoms with E-state index in [4.69, 9.17) is 0 Å². The van der Waals surface area contributed by atoms with E-state index in [2.05, 4.69) is 10.2 Å². The minimum Gasteiger partial charge on any atom is -0.286 e. The molecule has 0 unspecified atom stereocenters. The highest BCUT2D eigenvalue weighted by atomic mass is 127. The van der Waals surface area contributed by atoms with Crippen LogP contribution >= 0.6 is 22.6 Å². The normalized spacial score (nSPS) is 10.6. The van der Waals surface area contributed by atoms with Crippen molar-refractivity contribution in [1.82, 2.24) is 10.2 Å². The lowest BCUT2D eigenvalue weighted by Gasteiger charge is -1.99. The molecule has 1 aromatic carbocycles. The SMILES string of the molecule is Cc1cccc2[nH]nc(I)c(=O)c12. The van der Waals surface area contributed by atoms with E-state index >= 15 is 0 Å². The number of benzene rings is 1. The van der Waals surface area contributed by atoms with Gasteiger partial charge in [0.2, 0.25) is 5.43 Å². The third-order valence-corrected chi connectivity index (χ3v) is 2.69. The van der Waals surface area contributed by atoms with Crippen LogP contribution in [0.1, 0.15) is 5.56 Å². The van der Waals surface area contributed by atoms with Crippen LogP contribution in [0.15, 0.2) is 23.0 Å². The highest BCUT2D eigenvalue weighted by molar-refractivity contribution is 14.1. The molecule has 0 radical (unpaired) electrons. The number of H-pyrrole nitrogens is 1. The molecule has 2 aromatic rings. The Morgan fingerprint density at radius 1 is 1.46 bits per heavy atom. The molecule has 3 nitrogen and oxygen atoms in total. The molecule has 0 atom stereocenters. The van der Waals surface area contributed by atoms with Gasteiger partial charge in [0.1, 0.15) is 0 Å². The zero-order valence-corrected chi connectivity index (χ0v) is 9.12. The first-order valence-electron chi connectivity index (χ1n) is 3.83. The van der Waals surface area contributed by atoms with Gasteiger partial charge in [0.25, 0.3) is 0 Å². The molecule has 0 aliphatic rings. The molecule has 0 amide bonds. The summed E-state index contributed by atoms with van der Waals surface area (Å²) >= 11 is 1.93. The number of aromatic amines is 1. The number of aryl methyl sites for hydroxylation is 1. The summed E-state index contributed by atoms with van der Waals surface area (Å²) in [6.45, 7) is 1.92. The predicted octanol–water partition coefficient (Wildman–Crippen LogP) is 1.84. The summed E-state index contributed by atoms with van der Waals surface area (Å²) < 4.78 is 0.486. The van der Waals surface area contributed by atoms with Gasteiger partial charge in [-0.05, 0) is 41.1 Å². The molecule has 2 rings (SSSR count). The van der Waals surface area contributed by atoms with Crippen LogP contribution < -0.4 is 5.43 Å². The average molecular weight is 286 g/mol. The van der Waals surface area contributed by atoms with Crippen LogP contribution in [0.5, 0.6) is 0 Å². The number of hydrogen-bond donors (Lipinski definition) is 1. The highest BCUT2D eigenvalue weighted by Gasteiger charge is 2.05. The largest absolute Gasteiger partial charge is 0.286 e. The monoisotopic (exact) mass is 286 g/mol. The first-order chi connectivity index (χ1) is 6.20. The standard InChI is InChI=1S/C9H7IN2O/c1-5-3-2-4-6-7(5)8(13)9(10)12-11-6/h2-4H,1H3,(H,11,13). The van der Waals surface area contributed by atoms with Crippen LogP contribution in [0.2, 0.25) is 0 Å². The molecule has 0 saturated heterocycles. The second-order valence-electron chi connectivity index (χ2n) is 2.84. The Morgan fingerprint density at radius 3 is 3.00 bits per heavy atom. The number of nitrogens with zero attached hydrogens (tertiary/aromatic N) is 1. The van der Waals surface area contributed by atoms with E-state index in [9.17, 15) is 4.79 Å². The van der Waals surface area contributed by atoms with E-state index in [-0.39, 0.29) is 5.43 Å². The molecule has 66 valence electrons. The number of hydrogen-bond acceptors (Lipinski definition) is 2. The molecule has 1 aromatic heterocycles. The Balaban J connectivity index is 3.06. The minimum absolute atomic E-state index is 0.00690. The van der Waals surface area contributed by atoms with Crippen molar-refractivity contribution in [2.75, 3.05) is 0 Å². The van der Waals surface area contributed by atoms with Crippen molar-refractivity contribution in [2.24, 2.45) is 0 Å². The van der Waals surface area contributed by atoms with Crippen molar-refractivity contribution >= 4 is 33.5 Å². The number of fused-ring (bicyclic) bond motifs is 1. The summed E-state index contributed by atoms with van der Waals surface area (Å²) in [6, 6.07) is 5.68. The van der Waals surface area contributed by atoms with Crippen LogP contribution in [-0.2, 0) is 0 Å². The second-order valence-corrected chi connectivity index (χ2v) is 3.86. The van der Waals surface area contributed by atoms with Crippen LogP contribution in [0.4, 0.5) is 0 Å². The first-order valence-corrected chi connectivity index (χ1v) is 4.91. The predicted molar refractivity (Wildman–Crippen MR) is 59.8 cm³/mol. The summed E-state index contributed by atoms with van der Waals surface area (Å²) in [7, 11) is 0. The molecule has 13 heavy (non-hydrogen) atoms. The van der Waals surface area contributed by atoms with Gasteiger partial charge in [0.15, 0.2) is 3.70 Å². The number of rotatable bonds is 0. The van der Waals surface area contributed by atoms with E-state index in [1.54, 1.807) is 0 Å². The van der Waals surface area contributed by atoms with Gasteiger partial charge in [-0.2, -0.15) is 5.10 Å². The Bertz CT molecular complexity index is 518. The molecular formula is C9H7IN2O. The number of nitrogens with one attached hydrogen (secondary N) is 1. The van der Waals surface area contributed by atoms with Crippen LogP contribution in [-0.4, -0.2) is 10.2 Å². The van der Waals surface area contributed by atoms with Crippen LogP contribution in [0.3, 0.4) is 0 Å². The van der Waals surface area contributed by atoms with Crippen molar-refractivity contribution in [1.29, 1.82) is 0 Å². The van der Waals surface area contributed by atoms with Gasteiger partial charge in [0, 0.05) is 0 Å². The molecular weight excluding hydrogens is 279 g/mol. The Labute approximate surface area is 88.3 Å². The van der Waals surface area contributed by atoms with Gasteiger partial charge >= 0.3 is 0 Å². The maximum Gasteiger partial charge on any atom is 0.221 e. The zero-order valence-electron chi connectivity index (χ0n) is 6.97. The van der Waals surface area contributed by atoms with Crippen molar-refractivity contribution in [2.45, 2.75) is 6.92 Å². The molecule has 0 saturated carbocycles. The zero-order chi connectivity index (χ0) is 9.42. The van der Waals surface area contributed by atoms with E-state index in [0.717, 1.165) is 16.5 Å². The third kappa shape index (κ3) is 1.35. The summed E-state index contributed by atoms with van der Waals surface area (Å²) in [6.07, 6.45) is 0. The van der Waals surface area contributed by atoms with Gasteiger partial charge in [-0.15, -0.1) is 0 Å². The second kappa shape index (κ2) is 3.10. The van der Waals surface area contributed by atoms with E-state index in [0.29, 0.717) is 3.70 Å². The molecule has 1 N–H and O–H groups in total. The molecule has 4 heteroatoms.